The maximum atomic E-state index is 15.5. The summed E-state index contributed by atoms with van der Waals surface area (Å²) in [4.78, 5) is 118. The molecule has 5 N–H and O–H groups in total. The Balaban J connectivity index is 1.00. The summed E-state index contributed by atoms with van der Waals surface area (Å²) in [5.74, 6) is -4.22. The molecule has 8 amide bonds. The molecule has 2 aliphatic rings. The Labute approximate surface area is 493 Å². The molecule has 22 heteroatoms. The monoisotopic (exact) mass is 1170 g/mol. The standard InChI is InChI=1S/C63H76F2N10O10/c1-41(2)56(71-53(77)18-10-7-11-30-74-54(78)25-26-55(74)79)52(76)34-44(16-13-29-68-61(66)82)59(80)69-47-22-19-43(20-23-47)39-85-62(83)73-32-33-84-40-48(73)27-31-75(60(81)45-17-12-28-67-36-45)57(63(3,4)5)58-70-51(49-35-46(64)21-24-50(49)65)38-72(58)37-42-14-8-6-9-15-42/h6,8-9,12,14-15,17,19-26,28,35-36,38,41,44,48,56-57H,7,10-11,13,16,18,27,29-34,37,39-40H2,1-5H3,(H,69,80)(H,71,77)(H3,66,68,82)/t44-,48+,56+,57+/m1/s1. The first kappa shape index (κ1) is 63.9. The molecule has 5 aromatic rings. The summed E-state index contributed by atoms with van der Waals surface area (Å²) < 4.78 is 43.8. The molecular weight excluding hydrogens is 1090 g/mol. The minimum atomic E-state index is -0.880. The first-order valence-electron chi connectivity index (χ1n) is 28.7. The molecule has 1 saturated heterocycles. The number of hydrogen-bond donors (Lipinski definition) is 4. The number of aromatic nitrogens is 3. The van der Waals surface area contributed by atoms with E-state index in [1.807, 2.05) is 55.7 Å². The van der Waals surface area contributed by atoms with Gasteiger partial charge in [-0.25, -0.2) is 23.4 Å². The normalized spacial score (nSPS) is 15.3. The van der Waals surface area contributed by atoms with Crippen LogP contribution < -0.4 is 21.7 Å². The number of nitrogens with one attached hydrogen (secondary N) is 3. The van der Waals surface area contributed by atoms with Gasteiger partial charge >= 0.3 is 12.1 Å². The van der Waals surface area contributed by atoms with Gasteiger partial charge in [-0.15, -0.1) is 0 Å². The molecule has 0 bridgehead atoms. The number of anilines is 1. The number of urea groups is 1. The fraction of sp³-hybridized carbons (Fsp3) is 0.429. The number of nitrogens with zero attached hydrogens (tertiary/aromatic N) is 6. The molecule has 20 nitrogen and oxygen atoms in total. The maximum absolute atomic E-state index is 15.5. The van der Waals surface area contributed by atoms with Crippen molar-refractivity contribution in [2.24, 2.45) is 23.0 Å². The second kappa shape index (κ2) is 30.2. The van der Waals surface area contributed by atoms with Gasteiger partial charge in [-0.1, -0.05) is 83.5 Å². The summed E-state index contributed by atoms with van der Waals surface area (Å²) in [5.41, 5.74) is 6.95. The number of rotatable bonds is 28. The number of nitrogens with two attached hydrogens (primary N) is 1. The highest BCUT2D eigenvalue weighted by molar-refractivity contribution is 6.12. The van der Waals surface area contributed by atoms with E-state index in [-0.39, 0.29) is 118 Å². The Bertz CT molecular complexity index is 3150. The van der Waals surface area contributed by atoms with E-state index in [9.17, 15) is 42.7 Å². The predicted molar refractivity (Wildman–Crippen MR) is 313 cm³/mol. The number of imidazole rings is 1. The molecule has 4 atom stereocenters. The van der Waals surface area contributed by atoms with Crippen LogP contribution in [0.2, 0.25) is 0 Å². The van der Waals surface area contributed by atoms with Gasteiger partial charge in [-0.05, 0) is 97.0 Å². The lowest BCUT2D eigenvalue weighted by atomic mass is 9.84. The van der Waals surface area contributed by atoms with Crippen LogP contribution in [-0.2, 0) is 46.6 Å². The van der Waals surface area contributed by atoms with E-state index in [0.29, 0.717) is 54.9 Å². The molecule has 0 radical (unpaired) electrons. The Morgan fingerprint density at radius 3 is 2.32 bits per heavy atom. The number of ketones is 1. The van der Waals surface area contributed by atoms with Gasteiger partial charge in [0, 0.05) is 93.5 Å². The third kappa shape index (κ3) is 18.2. The number of Topliss-reactive ketones (excluding diaryl/α,β-unsaturated/α-hetero) is 1. The average molecular weight is 1170 g/mol. The van der Waals surface area contributed by atoms with Crippen molar-refractivity contribution in [3.63, 3.8) is 0 Å². The summed E-state index contributed by atoms with van der Waals surface area (Å²) in [6.07, 6.45) is 8.85. The Kier molecular flexibility index (Phi) is 22.7. The topological polar surface area (TPSA) is 258 Å². The number of hydrogen-bond acceptors (Lipinski definition) is 12. The van der Waals surface area contributed by atoms with Crippen molar-refractivity contribution in [1.29, 1.82) is 0 Å². The van der Waals surface area contributed by atoms with Crippen LogP contribution in [0.15, 0.2) is 116 Å². The molecule has 2 aromatic heterocycles. The molecule has 7 rings (SSSR count). The van der Waals surface area contributed by atoms with Gasteiger partial charge in [0.2, 0.25) is 11.8 Å². The SMILES string of the molecule is CC(C)[C@H](NC(=O)CCCCCN1C(=O)C=CC1=O)C(=O)C[C@@H](CCCNC(N)=O)C(=O)Nc1ccc(COC(=O)N2CCOC[C@@H]2CCN(C(=O)c2cccnc2)[C@@H](c2nc(-c3cc(F)ccc3F)cn2Cc2ccccc2)C(C)(C)C)cc1. The van der Waals surface area contributed by atoms with E-state index in [1.54, 1.807) is 72.4 Å². The van der Waals surface area contributed by atoms with Crippen LogP contribution in [0.5, 0.6) is 0 Å². The van der Waals surface area contributed by atoms with Gasteiger partial charge in [0.25, 0.3) is 17.7 Å². The van der Waals surface area contributed by atoms with Gasteiger partial charge in [0.1, 0.15) is 24.1 Å². The number of primary amides is 1. The highest BCUT2D eigenvalue weighted by atomic mass is 19.1. The van der Waals surface area contributed by atoms with Crippen LogP contribution >= 0.6 is 0 Å². The molecule has 452 valence electrons. The highest BCUT2D eigenvalue weighted by Crippen LogP contribution is 2.41. The van der Waals surface area contributed by atoms with Crippen molar-refractivity contribution < 1.29 is 56.6 Å². The fourth-order valence-electron chi connectivity index (χ4n) is 10.5. The number of unbranched alkanes of at least 4 members (excludes halogenated alkanes) is 2. The van der Waals surface area contributed by atoms with Crippen LogP contribution in [0.3, 0.4) is 0 Å². The van der Waals surface area contributed by atoms with E-state index in [2.05, 4.69) is 20.9 Å². The van der Waals surface area contributed by atoms with Crippen LogP contribution in [0.4, 0.5) is 24.1 Å². The maximum Gasteiger partial charge on any atom is 0.410 e. The number of benzene rings is 3. The first-order chi connectivity index (χ1) is 40.7. The number of carbonyl (C=O) groups is 8. The Morgan fingerprint density at radius 2 is 1.64 bits per heavy atom. The third-order valence-corrected chi connectivity index (χ3v) is 14.9. The van der Waals surface area contributed by atoms with Crippen LogP contribution in [-0.4, -0.2) is 128 Å². The highest BCUT2D eigenvalue weighted by Gasteiger charge is 2.40. The largest absolute Gasteiger partial charge is 0.445 e. The summed E-state index contributed by atoms with van der Waals surface area (Å²) in [6, 6.07) is 19.9. The zero-order valence-electron chi connectivity index (χ0n) is 48.8. The van der Waals surface area contributed by atoms with Gasteiger partial charge in [0.05, 0.1) is 42.6 Å². The van der Waals surface area contributed by atoms with E-state index >= 15 is 4.39 Å². The van der Waals surface area contributed by atoms with Crippen molar-refractivity contribution in [2.75, 3.05) is 44.7 Å². The second-order valence-electron chi connectivity index (χ2n) is 22.7. The number of morpholine rings is 1. The van der Waals surface area contributed by atoms with E-state index in [4.69, 9.17) is 20.2 Å². The second-order valence-corrected chi connectivity index (χ2v) is 22.7. The lowest BCUT2D eigenvalue weighted by Gasteiger charge is -2.42. The lowest BCUT2D eigenvalue weighted by Crippen LogP contribution is -2.51. The molecule has 1 fully saturated rings. The molecule has 0 saturated carbocycles. The number of carbonyl (C=O) groups excluding carboxylic acids is 8. The Hall–Kier alpha value is -8.66. The van der Waals surface area contributed by atoms with E-state index in [1.165, 1.54) is 18.3 Å². The summed E-state index contributed by atoms with van der Waals surface area (Å²) in [5, 5.41) is 8.22. The average Bonchev–Trinajstić information content (AvgIpc) is 3.91. The predicted octanol–water partition coefficient (Wildman–Crippen LogP) is 8.52. The minimum absolute atomic E-state index is 0.0312. The molecule has 3 aromatic carbocycles. The molecule has 85 heavy (non-hydrogen) atoms. The van der Waals surface area contributed by atoms with Crippen molar-refractivity contribution in [3.8, 4) is 11.3 Å². The number of amides is 8. The molecule has 0 spiro atoms. The smallest absolute Gasteiger partial charge is 0.410 e. The van der Waals surface area contributed by atoms with Crippen molar-refractivity contribution in [3.05, 3.63) is 150 Å². The zero-order chi connectivity index (χ0) is 61.2. The van der Waals surface area contributed by atoms with Gasteiger partial charge < -0.3 is 45.5 Å². The van der Waals surface area contributed by atoms with Gasteiger partial charge in [0.15, 0.2) is 5.78 Å². The van der Waals surface area contributed by atoms with E-state index in [0.717, 1.165) is 28.7 Å². The third-order valence-electron chi connectivity index (χ3n) is 14.9. The molecule has 0 unspecified atom stereocenters. The molecule has 0 aliphatic carbocycles. The molecule has 2 aliphatic heterocycles. The summed E-state index contributed by atoms with van der Waals surface area (Å²) >= 11 is 0. The zero-order valence-corrected chi connectivity index (χ0v) is 48.8. The molecule has 4 heterocycles. The van der Waals surface area contributed by atoms with Crippen LogP contribution in [0.25, 0.3) is 11.3 Å². The number of imide groups is 1. The fourth-order valence-corrected chi connectivity index (χ4v) is 10.5. The van der Waals surface area contributed by atoms with Crippen molar-refractivity contribution >= 4 is 53.1 Å². The van der Waals surface area contributed by atoms with Crippen LogP contribution in [0.1, 0.15) is 119 Å². The van der Waals surface area contributed by atoms with Crippen molar-refractivity contribution in [2.45, 2.75) is 117 Å². The Morgan fingerprint density at radius 1 is 0.894 bits per heavy atom. The van der Waals surface area contributed by atoms with Gasteiger partial charge in [-0.2, -0.15) is 0 Å². The number of halogens is 2. The van der Waals surface area contributed by atoms with Gasteiger partial charge in [-0.3, -0.25) is 38.7 Å². The summed E-state index contributed by atoms with van der Waals surface area (Å²) in [7, 11) is 0. The van der Waals surface area contributed by atoms with Crippen LogP contribution in [0, 0.1) is 28.9 Å². The first-order valence-corrected chi connectivity index (χ1v) is 28.7. The molecular formula is C63H76F2N10O10. The van der Waals surface area contributed by atoms with E-state index < -0.39 is 59.1 Å². The quantitative estimate of drug-likeness (QED) is 0.0271. The minimum Gasteiger partial charge on any atom is -0.445 e. The summed E-state index contributed by atoms with van der Waals surface area (Å²) in [6.45, 7) is 10.8. The van der Waals surface area contributed by atoms with Crippen molar-refractivity contribution in [1.82, 2.24) is 39.9 Å². The lowest BCUT2D eigenvalue weighted by molar-refractivity contribution is -0.137. The number of ether oxygens (including phenoxy) is 2. The number of pyridine rings is 1.